The highest BCUT2D eigenvalue weighted by molar-refractivity contribution is 6.34. The van der Waals surface area contributed by atoms with Gasteiger partial charge in [-0.05, 0) is 49.0 Å². The maximum Gasteiger partial charge on any atom is 0.406 e. The van der Waals surface area contributed by atoms with Crippen molar-refractivity contribution >= 4 is 33.5 Å². The zero-order chi connectivity index (χ0) is 20.2. The number of aromatic nitrogens is 3. The fourth-order valence-electron chi connectivity index (χ4n) is 4.93. The van der Waals surface area contributed by atoms with Crippen LogP contribution in [0.1, 0.15) is 18.4 Å². The van der Waals surface area contributed by atoms with E-state index in [-0.39, 0.29) is 10.7 Å². The molecule has 2 aromatic heterocycles. The number of nitrogens with one attached hydrogen (secondary N) is 1. The van der Waals surface area contributed by atoms with Crippen molar-refractivity contribution in [2.75, 3.05) is 26.2 Å². The van der Waals surface area contributed by atoms with E-state index in [2.05, 4.69) is 20.2 Å². The van der Waals surface area contributed by atoms with Crippen molar-refractivity contribution < 1.29 is 13.2 Å². The highest BCUT2D eigenvalue weighted by Gasteiger charge is 2.40. The van der Waals surface area contributed by atoms with Crippen LogP contribution in [0.2, 0.25) is 5.15 Å². The van der Waals surface area contributed by atoms with Crippen molar-refractivity contribution in [2.45, 2.75) is 32.1 Å². The van der Waals surface area contributed by atoms with E-state index in [1.807, 2.05) is 12.1 Å². The Morgan fingerprint density at radius 2 is 2.07 bits per heavy atom. The topological polar surface area (TPSA) is 46.0 Å². The van der Waals surface area contributed by atoms with Gasteiger partial charge >= 0.3 is 6.18 Å². The van der Waals surface area contributed by atoms with Gasteiger partial charge in [0.05, 0.1) is 5.52 Å². The molecule has 9 heteroatoms. The molecule has 2 saturated heterocycles. The lowest BCUT2D eigenvalue weighted by molar-refractivity contribution is -0.139. The molecule has 0 amide bonds. The van der Waals surface area contributed by atoms with Crippen molar-refractivity contribution in [3.8, 4) is 0 Å². The second kappa shape index (κ2) is 6.82. The van der Waals surface area contributed by atoms with Gasteiger partial charge in [-0.25, -0.2) is 9.97 Å². The van der Waals surface area contributed by atoms with Crippen LogP contribution in [0.3, 0.4) is 0 Å². The van der Waals surface area contributed by atoms with Gasteiger partial charge < -0.3 is 9.88 Å². The first-order valence-corrected chi connectivity index (χ1v) is 10.1. The van der Waals surface area contributed by atoms with E-state index >= 15 is 0 Å². The molecule has 5 rings (SSSR count). The van der Waals surface area contributed by atoms with Crippen molar-refractivity contribution in [3.63, 3.8) is 0 Å². The molecule has 1 aromatic carbocycles. The summed E-state index contributed by atoms with van der Waals surface area (Å²) in [6, 6.07) is 5.61. The second-order valence-electron chi connectivity index (χ2n) is 8.30. The highest BCUT2D eigenvalue weighted by atomic mass is 35.5. The summed E-state index contributed by atoms with van der Waals surface area (Å²) >= 11 is 6.16. The molecule has 1 unspecified atom stereocenters. The van der Waals surface area contributed by atoms with E-state index in [9.17, 15) is 13.2 Å². The van der Waals surface area contributed by atoms with Crippen molar-refractivity contribution in [3.05, 3.63) is 35.2 Å². The highest BCUT2D eigenvalue weighted by Crippen LogP contribution is 2.38. The smallest absolute Gasteiger partial charge is 0.327 e. The van der Waals surface area contributed by atoms with Gasteiger partial charge in [0.25, 0.3) is 0 Å². The van der Waals surface area contributed by atoms with Crippen LogP contribution in [0, 0.1) is 5.41 Å². The number of nitrogens with zero attached hydrogens (tertiary/aromatic N) is 4. The van der Waals surface area contributed by atoms with Crippen LogP contribution < -0.4 is 5.32 Å². The lowest BCUT2D eigenvalue weighted by Gasteiger charge is -2.22. The molecule has 0 bridgehead atoms. The maximum atomic E-state index is 13.2. The molecule has 29 heavy (non-hydrogen) atoms. The van der Waals surface area contributed by atoms with Gasteiger partial charge in [-0.1, -0.05) is 17.7 Å². The van der Waals surface area contributed by atoms with Gasteiger partial charge in [0, 0.05) is 25.0 Å². The normalized spacial score (nSPS) is 23.2. The zero-order valence-electron chi connectivity index (χ0n) is 15.8. The van der Waals surface area contributed by atoms with E-state index in [0.717, 1.165) is 38.3 Å². The first-order valence-electron chi connectivity index (χ1n) is 9.75. The minimum absolute atomic E-state index is 0.0345. The molecule has 3 aromatic rings. The molecule has 4 heterocycles. The Morgan fingerprint density at radius 3 is 2.83 bits per heavy atom. The number of fused-ring (bicyclic) bond motifs is 3. The van der Waals surface area contributed by atoms with Gasteiger partial charge in [0.2, 0.25) is 0 Å². The van der Waals surface area contributed by atoms with E-state index < -0.39 is 12.7 Å². The largest absolute Gasteiger partial charge is 0.406 e. The third kappa shape index (κ3) is 3.47. The lowest BCUT2D eigenvalue weighted by Crippen LogP contribution is -2.28. The predicted octanol–water partition coefficient (Wildman–Crippen LogP) is 3.99. The fraction of sp³-hybridized carbons (Fsp3) is 0.500. The van der Waals surface area contributed by atoms with Gasteiger partial charge in [0.15, 0.2) is 5.15 Å². The Hall–Kier alpha value is -1.90. The molecule has 2 aliphatic rings. The van der Waals surface area contributed by atoms with Crippen LogP contribution in [-0.4, -0.2) is 51.8 Å². The third-order valence-electron chi connectivity index (χ3n) is 6.25. The first kappa shape index (κ1) is 19.1. The number of hydrogen-bond acceptors (Lipinski definition) is 4. The SMILES string of the molecule is FC(F)(F)Cn1c2ccc(CN3CCC4(CCNC4)C3)cc2c2ncnc(Cl)c21. The third-order valence-corrected chi connectivity index (χ3v) is 6.52. The van der Waals surface area contributed by atoms with Gasteiger partial charge in [-0.2, -0.15) is 13.2 Å². The van der Waals surface area contributed by atoms with Gasteiger partial charge in [-0.15, -0.1) is 0 Å². The van der Waals surface area contributed by atoms with E-state index in [1.165, 1.54) is 23.7 Å². The molecule has 154 valence electrons. The molecule has 1 spiro atoms. The predicted molar refractivity (Wildman–Crippen MR) is 106 cm³/mol. The minimum atomic E-state index is -4.37. The van der Waals surface area contributed by atoms with Gasteiger partial charge in [-0.3, -0.25) is 4.90 Å². The van der Waals surface area contributed by atoms with Crippen LogP contribution >= 0.6 is 11.6 Å². The molecule has 0 radical (unpaired) electrons. The summed E-state index contributed by atoms with van der Waals surface area (Å²) < 4.78 is 40.7. The second-order valence-corrected chi connectivity index (χ2v) is 8.66. The van der Waals surface area contributed by atoms with Gasteiger partial charge in [0.1, 0.15) is 23.9 Å². The summed E-state index contributed by atoms with van der Waals surface area (Å²) in [5.41, 5.74) is 2.62. The van der Waals surface area contributed by atoms with Crippen molar-refractivity contribution in [1.82, 2.24) is 24.8 Å². The monoisotopic (exact) mass is 423 g/mol. The zero-order valence-corrected chi connectivity index (χ0v) is 16.5. The summed E-state index contributed by atoms with van der Waals surface area (Å²) in [5, 5.41) is 4.18. The van der Waals surface area contributed by atoms with Crippen LogP contribution in [-0.2, 0) is 13.1 Å². The lowest BCUT2D eigenvalue weighted by atomic mass is 9.86. The summed E-state index contributed by atoms with van der Waals surface area (Å²) in [4.78, 5) is 10.6. The molecular formula is C20H21ClF3N5. The Balaban J connectivity index is 1.52. The molecule has 1 atom stereocenters. The Morgan fingerprint density at radius 1 is 1.21 bits per heavy atom. The molecule has 5 nitrogen and oxygen atoms in total. The molecule has 2 fully saturated rings. The maximum absolute atomic E-state index is 13.2. The van der Waals surface area contributed by atoms with E-state index in [4.69, 9.17) is 11.6 Å². The number of likely N-dealkylation sites (tertiary alicyclic amines) is 1. The molecule has 2 aliphatic heterocycles. The molecule has 0 aliphatic carbocycles. The van der Waals surface area contributed by atoms with E-state index in [0.29, 0.717) is 21.8 Å². The fourth-order valence-corrected chi connectivity index (χ4v) is 5.16. The summed E-state index contributed by atoms with van der Waals surface area (Å²) in [6.45, 7) is 3.91. The van der Waals surface area contributed by atoms with Crippen LogP contribution in [0.25, 0.3) is 21.9 Å². The average Bonchev–Trinajstić information content (AvgIpc) is 3.35. The van der Waals surface area contributed by atoms with Crippen LogP contribution in [0.4, 0.5) is 13.2 Å². The first-order chi connectivity index (χ1) is 13.8. The number of rotatable bonds is 3. The molecule has 0 saturated carbocycles. The molecule has 1 N–H and O–H groups in total. The van der Waals surface area contributed by atoms with Crippen LogP contribution in [0.15, 0.2) is 24.5 Å². The number of benzene rings is 1. The Bertz CT molecular complexity index is 1070. The molecular weight excluding hydrogens is 403 g/mol. The number of halogens is 4. The Kier molecular flexibility index (Phi) is 4.49. The summed E-state index contributed by atoms with van der Waals surface area (Å²) in [7, 11) is 0. The standard InChI is InChI=1S/C20H21ClF3N5/c21-18-17-16(26-12-27-18)14-7-13(1-2-15(14)29(17)11-20(22,23)24)8-28-6-4-19(10-28)3-5-25-9-19/h1-2,7,12,25H,3-6,8-11H2. The Labute approximate surface area is 170 Å². The minimum Gasteiger partial charge on any atom is -0.327 e. The summed E-state index contributed by atoms with van der Waals surface area (Å²) in [5.74, 6) is 0. The number of hydrogen-bond donors (Lipinski definition) is 1. The van der Waals surface area contributed by atoms with Crippen molar-refractivity contribution in [2.24, 2.45) is 5.41 Å². The number of alkyl halides is 3. The summed E-state index contributed by atoms with van der Waals surface area (Å²) in [6.07, 6.45) is -0.666. The van der Waals surface area contributed by atoms with E-state index in [1.54, 1.807) is 6.07 Å². The van der Waals surface area contributed by atoms with Crippen LogP contribution in [0.5, 0.6) is 0 Å². The average molecular weight is 424 g/mol. The quantitative estimate of drug-likeness (QED) is 0.647. The van der Waals surface area contributed by atoms with Crippen molar-refractivity contribution in [1.29, 1.82) is 0 Å².